The van der Waals surface area contributed by atoms with E-state index in [1.54, 1.807) is 0 Å². The third-order valence-electron chi connectivity index (χ3n) is 4.34. The number of hydrogen-bond acceptors (Lipinski definition) is 3. The number of unbranched alkanes of at least 4 members (excludes halogenated alkanes) is 2. The molecule has 0 saturated carbocycles. The van der Waals surface area contributed by atoms with Crippen molar-refractivity contribution < 1.29 is 9.53 Å². The van der Waals surface area contributed by atoms with Gasteiger partial charge in [0.25, 0.3) is 0 Å². The summed E-state index contributed by atoms with van der Waals surface area (Å²) in [4.78, 5) is 14.2. The summed E-state index contributed by atoms with van der Waals surface area (Å²) in [7, 11) is 2.02. The van der Waals surface area contributed by atoms with E-state index in [9.17, 15) is 4.79 Å². The van der Waals surface area contributed by atoms with E-state index < -0.39 is 0 Å². The van der Waals surface area contributed by atoms with Gasteiger partial charge in [-0.15, -0.1) is 0 Å². The van der Waals surface area contributed by atoms with E-state index in [-0.39, 0.29) is 12.0 Å². The molecule has 1 aliphatic rings. The molecule has 1 aliphatic heterocycles. The minimum absolute atomic E-state index is 0.0115. The van der Waals surface area contributed by atoms with Crippen molar-refractivity contribution in [2.45, 2.75) is 71.3 Å². The van der Waals surface area contributed by atoms with Gasteiger partial charge < -0.3 is 4.74 Å². The molecule has 0 radical (unpaired) electrons. The van der Waals surface area contributed by atoms with Gasteiger partial charge in [-0.2, -0.15) is 0 Å². The van der Waals surface area contributed by atoms with Crippen molar-refractivity contribution in [3.63, 3.8) is 0 Å². The Kier molecular flexibility index (Phi) is 9.89. The lowest BCUT2D eigenvalue weighted by atomic mass is 10.0. The van der Waals surface area contributed by atoms with Crippen LogP contribution in [0, 0.1) is 0 Å². The van der Waals surface area contributed by atoms with Gasteiger partial charge in [-0.05, 0) is 65.5 Å². The number of rotatable bonds is 9. The molecule has 0 bridgehead atoms. The van der Waals surface area contributed by atoms with Crippen molar-refractivity contribution in [3.05, 3.63) is 23.8 Å². The summed E-state index contributed by atoms with van der Waals surface area (Å²) >= 11 is 0. The third-order valence-corrected chi connectivity index (χ3v) is 4.34. The number of likely N-dealkylation sites (tertiary alicyclic amines) is 1. The smallest absolute Gasteiger partial charge is 0.323 e. The zero-order valence-electron chi connectivity index (χ0n) is 14.6. The van der Waals surface area contributed by atoms with Crippen LogP contribution in [0.5, 0.6) is 0 Å². The van der Waals surface area contributed by atoms with E-state index in [0.717, 1.165) is 51.5 Å². The zero-order valence-corrected chi connectivity index (χ0v) is 14.6. The van der Waals surface area contributed by atoms with Crippen molar-refractivity contribution in [3.8, 4) is 0 Å². The van der Waals surface area contributed by atoms with E-state index >= 15 is 0 Å². The number of hydrogen-bond donors (Lipinski definition) is 0. The van der Waals surface area contributed by atoms with Gasteiger partial charge in [0.05, 0.1) is 6.61 Å². The van der Waals surface area contributed by atoms with E-state index in [1.165, 1.54) is 12.0 Å². The van der Waals surface area contributed by atoms with Crippen molar-refractivity contribution in [1.29, 1.82) is 0 Å². The molecule has 22 heavy (non-hydrogen) atoms. The monoisotopic (exact) mass is 307 g/mol. The lowest BCUT2D eigenvalue weighted by Crippen LogP contribution is -2.42. The first-order chi connectivity index (χ1) is 10.7. The Labute approximate surface area is 136 Å². The molecule has 0 aromatic carbocycles. The molecule has 1 unspecified atom stereocenters. The highest BCUT2D eigenvalue weighted by Crippen LogP contribution is 2.16. The second-order valence-electron chi connectivity index (χ2n) is 6.14. The molecular formula is C19H33NO2. The molecule has 0 spiro atoms. The van der Waals surface area contributed by atoms with Crippen LogP contribution in [-0.4, -0.2) is 37.1 Å². The van der Waals surface area contributed by atoms with Crippen LogP contribution in [0.1, 0.15) is 65.2 Å². The van der Waals surface area contributed by atoms with Gasteiger partial charge in [0.2, 0.25) is 0 Å². The number of allylic oxidation sites excluding steroid dienone is 4. The largest absolute Gasteiger partial charge is 0.465 e. The van der Waals surface area contributed by atoms with Crippen LogP contribution < -0.4 is 0 Å². The number of ether oxygens (including phenoxy) is 1. The highest BCUT2D eigenvalue weighted by molar-refractivity contribution is 5.75. The van der Waals surface area contributed by atoms with Gasteiger partial charge in [0, 0.05) is 0 Å². The standard InChI is InChI=1S/C19H33NO2/c1-4-6-12-17(5-2)13-8-7-11-16-22-19(21)18-14-9-10-15-20(18)3/h5-6,12,18H,4,7-11,13-16H2,1-3H3/b12-6-,17-5+. The highest BCUT2D eigenvalue weighted by atomic mass is 16.5. The topological polar surface area (TPSA) is 29.5 Å². The van der Waals surface area contributed by atoms with Crippen LogP contribution >= 0.6 is 0 Å². The molecule has 3 heteroatoms. The molecular weight excluding hydrogens is 274 g/mol. The second kappa shape index (κ2) is 11.5. The number of esters is 1. The second-order valence-corrected chi connectivity index (χ2v) is 6.14. The minimum Gasteiger partial charge on any atom is -0.465 e. The normalized spacial score (nSPS) is 20.5. The number of piperidine rings is 1. The summed E-state index contributed by atoms with van der Waals surface area (Å²) in [5, 5.41) is 0. The van der Waals surface area contributed by atoms with Crippen LogP contribution in [0.4, 0.5) is 0 Å². The van der Waals surface area contributed by atoms with Crippen LogP contribution in [0.15, 0.2) is 23.8 Å². The molecule has 1 saturated heterocycles. The molecule has 3 nitrogen and oxygen atoms in total. The van der Waals surface area contributed by atoms with Gasteiger partial charge in [0.1, 0.15) is 6.04 Å². The summed E-state index contributed by atoms with van der Waals surface area (Å²) in [5.74, 6) is -0.0257. The predicted octanol–water partition coefficient (Wildman–Crippen LogP) is 4.49. The first kappa shape index (κ1) is 19.0. The molecule has 0 aromatic rings. The maximum atomic E-state index is 12.0. The summed E-state index contributed by atoms with van der Waals surface area (Å²) in [6.45, 7) is 5.83. The molecule has 0 N–H and O–H groups in total. The molecule has 0 aliphatic carbocycles. The van der Waals surface area contributed by atoms with Gasteiger partial charge in [-0.3, -0.25) is 9.69 Å². The number of likely N-dealkylation sites (N-methyl/N-ethyl adjacent to an activating group) is 1. The van der Waals surface area contributed by atoms with Crippen LogP contribution in [-0.2, 0) is 9.53 Å². The lowest BCUT2D eigenvalue weighted by Gasteiger charge is -2.30. The summed E-state index contributed by atoms with van der Waals surface area (Å²) in [6.07, 6.45) is 15.3. The molecule has 1 rings (SSSR count). The lowest BCUT2D eigenvalue weighted by molar-refractivity contribution is -0.150. The van der Waals surface area contributed by atoms with Crippen molar-refractivity contribution in [1.82, 2.24) is 4.90 Å². The number of carbonyl (C=O) groups excluding carboxylic acids is 1. The first-order valence-corrected chi connectivity index (χ1v) is 8.87. The summed E-state index contributed by atoms with van der Waals surface area (Å²) in [6, 6.07) is -0.0115. The molecule has 1 atom stereocenters. The maximum Gasteiger partial charge on any atom is 0.323 e. The average Bonchev–Trinajstić information content (AvgIpc) is 2.53. The minimum atomic E-state index is -0.0257. The fourth-order valence-corrected chi connectivity index (χ4v) is 2.84. The molecule has 1 fully saturated rings. The Morgan fingerprint density at radius 3 is 2.77 bits per heavy atom. The van der Waals surface area contributed by atoms with E-state index in [2.05, 4.69) is 37.0 Å². The number of nitrogens with zero attached hydrogens (tertiary/aromatic N) is 1. The van der Waals surface area contributed by atoms with Gasteiger partial charge in [-0.1, -0.05) is 37.1 Å². The third kappa shape index (κ3) is 7.26. The molecule has 0 amide bonds. The Bertz CT molecular complexity index is 374. The summed E-state index contributed by atoms with van der Waals surface area (Å²) < 4.78 is 5.44. The Morgan fingerprint density at radius 1 is 1.27 bits per heavy atom. The maximum absolute atomic E-state index is 12.0. The van der Waals surface area contributed by atoms with Gasteiger partial charge >= 0.3 is 5.97 Å². The van der Waals surface area contributed by atoms with Gasteiger partial charge in [-0.25, -0.2) is 0 Å². The van der Waals surface area contributed by atoms with Crippen LogP contribution in [0.2, 0.25) is 0 Å². The van der Waals surface area contributed by atoms with E-state index in [0.29, 0.717) is 6.61 Å². The van der Waals surface area contributed by atoms with Gasteiger partial charge in [0.15, 0.2) is 0 Å². The van der Waals surface area contributed by atoms with Crippen molar-refractivity contribution in [2.75, 3.05) is 20.2 Å². The van der Waals surface area contributed by atoms with Crippen molar-refractivity contribution in [2.24, 2.45) is 0 Å². The SMILES string of the molecule is C/C=C(\C=C/CC)CCCCCOC(=O)C1CCCCN1C. The quantitative estimate of drug-likeness (QED) is 0.357. The van der Waals surface area contributed by atoms with E-state index in [4.69, 9.17) is 4.74 Å². The molecule has 0 aromatic heterocycles. The molecule has 1 heterocycles. The Hall–Kier alpha value is -1.09. The van der Waals surface area contributed by atoms with Crippen molar-refractivity contribution >= 4 is 5.97 Å². The fraction of sp³-hybridized carbons (Fsp3) is 0.737. The Morgan fingerprint density at radius 2 is 2.09 bits per heavy atom. The van der Waals surface area contributed by atoms with Crippen LogP contribution in [0.3, 0.4) is 0 Å². The fourth-order valence-electron chi connectivity index (χ4n) is 2.84. The first-order valence-electron chi connectivity index (χ1n) is 8.87. The zero-order chi connectivity index (χ0) is 16.2. The van der Waals surface area contributed by atoms with Crippen LogP contribution in [0.25, 0.3) is 0 Å². The summed E-state index contributed by atoms with van der Waals surface area (Å²) in [5.41, 5.74) is 1.41. The number of carbonyl (C=O) groups is 1. The molecule has 126 valence electrons. The average molecular weight is 307 g/mol. The Balaban J connectivity index is 2.10. The highest BCUT2D eigenvalue weighted by Gasteiger charge is 2.26. The predicted molar refractivity (Wildman–Crippen MR) is 92.9 cm³/mol. The van der Waals surface area contributed by atoms with E-state index in [1.807, 2.05) is 7.05 Å².